The van der Waals surface area contributed by atoms with Crippen molar-refractivity contribution in [2.45, 2.75) is 18.9 Å². The molecule has 108 valence electrons. The summed E-state index contributed by atoms with van der Waals surface area (Å²) >= 11 is 0. The SMILES string of the molecule is COC1CCCN(c2cc(F)cc(/C=C/C(=O)O)c2)C1. The first kappa shape index (κ1) is 14.5. The molecule has 2 rings (SSSR count). The monoisotopic (exact) mass is 279 g/mol. The number of anilines is 1. The van der Waals surface area contributed by atoms with Crippen LogP contribution in [0.2, 0.25) is 0 Å². The van der Waals surface area contributed by atoms with E-state index in [-0.39, 0.29) is 11.9 Å². The van der Waals surface area contributed by atoms with Gasteiger partial charge in [0.2, 0.25) is 0 Å². The zero-order chi connectivity index (χ0) is 14.5. The lowest BCUT2D eigenvalue weighted by Gasteiger charge is -2.33. The predicted octanol–water partition coefficient (Wildman–Crippen LogP) is 2.54. The molecule has 20 heavy (non-hydrogen) atoms. The summed E-state index contributed by atoms with van der Waals surface area (Å²) in [6.45, 7) is 1.58. The number of carboxylic acids is 1. The Bertz CT molecular complexity index is 516. The maximum Gasteiger partial charge on any atom is 0.328 e. The lowest BCUT2D eigenvalue weighted by atomic mass is 10.1. The van der Waals surface area contributed by atoms with E-state index in [4.69, 9.17) is 9.84 Å². The van der Waals surface area contributed by atoms with Crippen LogP contribution in [-0.4, -0.2) is 37.4 Å². The molecule has 1 atom stereocenters. The molecule has 5 heteroatoms. The summed E-state index contributed by atoms with van der Waals surface area (Å²) in [5.41, 5.74) is 1.30. The number of nitrogens with zero attached hydrogens (tertiary/aromatic N) is 1. The third kappa shape index (κ3) is 3.81. The van der Waals surface area contributed by atoms with Gasteiger partial charge in [0.1, 0.15) is 5.82 Å². The van der Waals surface area contributed by atoms with E-state index in [0.717, 1.165) is 37.7 Å². The molecule has 0 saturated carbocycles. The van der Waals surface area contributed by atoms with Crippen molar-refractivity contribution in [2.24, 2.45) is 0 Å². The van der Waals surface area contributed by atoms with Crippen LogP contribution in [0.15, 0.2) is 24.3 Å². The van der Waals surface area contributed by atoms with Crippen molar-refractivity contribution < 1.29 is 19.0 Å². The molecule has 1 heterocycles. The first-order valence-corrected chi connectivity index (χ1v) is 6.58. The van der Waals surface area contributed by atoms with Crippen LogP contribution in [0.5, 0.6) is 0 Å². The zero-order valence-electron chi connectivity index (χ0n) is 11.4. The average Bonchev–Trinajstić information content (AvgIpc) is 2.44. The maximum atomic E-state index is 13.6. The largest absolute Gasteiger partial charge is 0.478 e. The maximum absolute atomic E-state index is 13.6. The van der Waals surface area contributed by atoms with Crippen LogP contribution < -0.4 is 4.90 Å². The molecule has 0 radical (unpaired) electrons. The van der Waals surface area contributed by atoms with Crippen molar-refractivity contribution in [3.8, 4) is 0 Å². The van der Waals surface area contributed by atoms with Crippen LogP contribution in [0, 0.1) is 5.82 Å². The molecule has 1 aliphatic rings. The van der Waals surface area contributed by atoms with Crippen LogP contribution in [0.25, 0.3) is 6.08 Å². The van der Waals surface area contributed by atoms with E-state index in [9.17, 15) is 9.18 Å². The Morgan fingerprint density at radius 2 is 2.30 bits per heavy atom. The van der Waals surface area contributed by atoms with Gasteiger partial charge in [-0.05, 0) is 42.7 Å². The van der Waals surface area contributed by atoms with Crippen molar-refractivity contribution in [3.05, 3.63) is 35.7 Å². The second kappa shape index (κ2) is 6.52. The van der Waals surface area contributed by atoms with E-state index in [0.29, 0.717) is 5.56 Å². The van der Waals surface area contributed by atoms with Gasteiger partial charge in [-0.1, -0.05) is 0 Å². The van der Waals surface area contributed by atoms with E-state index in [1.807, 2.05) is 0 Å². The van der Waals surface area contributed by atoms with Gasteiger partial charge in [0.15, 0.2) is 0 Å². The van der Waals surface area contributed by atoms with Crippen molar-refractivity contribution in [1.29, 1.82) is 0 Å². The summed E-state index contributed by atoms with van der Waals surface area (Å²) in [6.07, 6.45) is 4.56. The Morgan fingerprint density at radius 3 is 3.00 bits per heavy atom. The lowest BCUT2D eigenvalue weighted by molar-refractivity contribution is -0.131. The van der Waals surface area contributed by atoms with Gasteiger partial charge in [-0.25, -0.2) is 9.18 Å². The second-order valence-corrected chi connectivity index (χ2v) is 4.86. The molecule has 0 bridgehead atoms. The van der Waals surface area contributed by atoms with E-state index in [1.54, 1.807) is 13.2 Å². The van der Waals surface area contributed by atoms with Crippen molar-refractivity contribution >= 4 is 17.7 Å². The average molecular weight is 279 g/mol. The van der Waals surface area contributed by atoms with Crippen LogP contribution >= 0.6 is 0 Å². The lowest BCUT2D eigenvalue weighted by Crippen LogP contribution is -2.39. The first-order valence-electron chi connectivity index (χ1n) is 6.58. The molecule has 1 unspecified atom stereocenters. The minimum Gasteiger partial charge on any atom is -0.478 e. The molecule has 1 aromatic rings. The van der Waals surface area contributed by atoms with Gasteiger partial charge in [0.05, 0.1) is 6.10 Å². The number of halogens is 1. The highest BCUT2D eigenvalue weighted by Crippen LogP contribution is 2.24. The molecule has 1 aliphatic heterocycles. The van der Waals surface area contributed by atoms with Gasteiger partial charge in [-0.15, -0.1) is 0 Å². The third-order valence-corrected chi connectivity index (χ3v) is 3.40. The van der Waals surface area contributed by atoms with E-state index >= 15 is 0 Å². The Morgan fingerprint density at radius 1 is 1.50 bits per heavy atom. The van der Waals surface area contributed by atoms with Gasteiger partial charge in [0.25, 0.3) is 0 Å². The Kier molecular flexibility index (Phi) is 4.74. The van der Waals surface area contributed by atoms with Gasteiger partial charge >= 0.3 is 5.97 Å². The standard InChI is InChI=1S/C15H18FNO3/c1-20-14-3-2-6-17(10-14)13-8-11(4-5-15(18)19)7-12(16)9-13/h4-5,7-9,14H,2-3,6,10H2,1H3,(H,18,19)/b5-4+. The number of methoxy groups -OCH3 is 1. The quantitative estimate of drug-likeness (QED) is 0.860. The molecule has 0 spiro atoms. The summed E-state index contributed by atoms with van der Waals surface area (Å²) < 4.78 is 19.0. The molecule has 1 aromatic carbocycles. The number of carbonyl (C=O) groups is 1. The van der Waals surface area contributed by atoms with Crippen LogP contribution in [0.3, 0.4) is 0 Å². The molecule has 0 amide bonds. The van der Waals surface area contributed by atoms with Crippen molar-refractivity contribution in [1.82, 2.24) is 0 Å². The van der Waals surface area contributed by atoms with E-state index < -0.39 is 5.97 Å². The summed E-state index contributed by atoms with van der Waals surface area (Å²) in [5.74, 6) is -1.42. The number of benzene rings is 1. The molecular formula is C15H18FNO3. The van der Waals surface area contributed by atoms with Crippen LogP contribution in [0.1, 0.15) is 18.4 Å². The molecular weight excluding hydrogens is 261 g/mol. The van der Waals surface area contributed by atoms with E-state index in [2.05, 4.69) is 4.90 Å². The Hall–Kier alpha value is -1.88. The van der Waals surface area contributed by atoms with Crippen molar-refractivity contribution in [2.75, 3.05) is 25.1 Å². The van der Waals surface area contributed by atoms with Gasteiger partial charge in [-0.3, -0.25) is 0 Å². The van der Waals surface area contributed by atoms with Gasteiger partial charge in [0, 0.05) is 32.0 Å². The second-order valence-electron chi connectivity index (χ2n) is 4.86. The van der Waals surface area contributed by atoms with Crippen LogP contribution in [-0.2, 0) is 9.53 Å². The fraction of sp³-hybridized carbons (Fsp3) is 0.400. The highest BCUT2D eigenvalue weighted by atomic mass is 19.1. The third-order valence-electron chi connectivity index (χ3n) is 3.40. The molecule has 1 N–H and O–H groups in total. The highest BCUT2D eigenvalue weighted by Gasteiger charge is 2.20. The summed E-state index contributed by atoms with van der Waals surface area (Å²) in [4.78, 5) is 12.6. The molecule has 4 nitrogen and oxygen atoms in total. The number of ether oxygens (including phenoxy) is 1. The normalized spacial score (nSPS) is 19.5. The minimum absolute atomic E-state index is 0.157. The fourth-order valence-corrected chi connectivity index (χ4v) is 2.41. The van der Waals surface area contributed by atoms with Gasteiger partial charge < -0.3 is 14.7 Å². The van der Waals surface area contributed by atoms with Crippen LogP contribution in [0.4, 0.5) is 10.1 Å². The summed E-state index contributed by atoms with van der Waals surface area (Å²) in [7, 11) is 1.68. The zero-order valence-corrected chi connectivity index (χ0v) is 11.4. The smallest absolute Gasteiger partial charge is 0.328 e. The molecule has 1 saturated heterocycles. The fourth-order valence-electron chi connectivity index (χ4n) is 2.41. The Balaban J connectivity index is 2.20. The molecule has 1 fully saturated rings. The number of rotatable bonds is 4. The minimum atomic E-state index is -1.05. The molecule has 0 aromatic heterocycles. The summed E-state index contributed by atoms with van der Waals surface area (Å²) in [5, 5.41) is 8.62. The highest BCUT2D eigenvalue weighted by molar-refractivity contribution is 5.85. The number of hydrogen-bond acceptors (Lipinski definition) is 3. The topological polar surface area (TPSA) is 49.8 Å². The molecule has 0 aliphatic carbocycles. The first-order chi connectivity index (χ1) is 9.58. The summed E-state index contributed by atoms with van der Waals surface area (Å²) in [6, 6.07) is 4.58. The number of piperidine rings is 1. The van der Waals surface area contributed by atoms with Gasteiger partial charge in [-0.2, -0.15) is 0 Å². The Labute approximate surface area is 117 Å². The van der Waals surface area contributed by atoms with Crippen molar-refractivity contribution in [3.63, 3.8) is 0 Å². The number of aliphatic carboxylic acids is 1. The number of hydrogen-bond donors (Lipinski definition) is 1. The number of carboxylic acid groups (broad SMARTS) is 1. The van der Waals surface area contributed by atoms with E-state index in [1.165, 1.54) is 18.2 Å². The predicted molar refractivity (Wildman–Crippen MR) is 75.3 cm³/mol.